The van der Waals surface area contributed by atoms with Crippen molar-refractivity contribution in [2.75, 3.05) is 26.7 Å². The lowest BCUT2D eigenvalue weighted by Crippen LogP contribution is -2.47. The number of hydrogen-bond acceptors (Lipinski definition) is 3. The Hall–Kier alpha value is -0.680. The van der Waals surface area contributed by atoms with E-state index in [0.717, 1.165) is 25.9 Å². The summed E-state index contributed by atoms with van der Waals surface area (Å²) >= 11 is 4.87. The second-order valence-electron chi connectivity index (χ2n) is 4.80. The Kier molecular flexibility index (Phi) is 5.85. The number of amides is 1. The van der Waals surface area contributed by atoms with E-state index < -0.39 is 0 Å². The molecule has 1 unspecified atom stereocenters. The Morgan fingerprint density at radius 3 is 2.35 bits per heavy atom. The van der Waals surface area contributed by atoms with Crippen molar-refractivity contribution in [3.8, 4) is 0 Å². The monoisotopic (exact) mass is 257 g/mol. The average Bonchev–Trinajstić information content (AvgIpc) is 2.54. The van der Waals surface area contributed by atoms with Crippen LogP contribution in [0.3, 0.4) is 0 Å². The molecule has 98 valence electrons. The van der Waals surface area contributed by atoms with Crippen LogP contribution in [0, 0.1) is 0 Å². The summed E-state index contributed by atoms with van der Waals surface area (Å²) in [6.45, 7) is 4.20. The number of carbonyl (C=O) groups excluding carboxylic acids is 1. The lowest BCUT2D eigenvalue weighted by atomic mass is 10.2. The normalized spacial score (nSPS) is 18.9. The number of carbonyl (C=O) groups is 1. The van der Waals surface area contributed by atoms with Gasteiger partial charge in [0.1, 0.15) is 0 Å². The first kappa shape index (κ1) is 14.4. The second-order valence-corrected chi connectivity index (χ2v) is 5.32. The molecule has 0 saturated carbocycles. The molecule has 0 aliphatic carbocycles. The van der Waals surface area contributed by atoms with E-state index in [9.17, 15) is 4.79 Å². The highest BCUT2D eigenvalue weighted by atomic mass is 32.1. The van der Waals surface area contributed by atoms with E-state index in [1.165, 1.54) is 12.8 Å². The number of thiocarbonyl (C=S) groups is 1. The predicted octanol–water partition coefficient (Wildman–Crippen LogP) is 0.995. The van der Waals surface area contributed by atoms with Gasteiger partial charge in [0, 0.05) is 19.6 Å². The number of likely N-dealkylation sites (tertiary alicyclic amines) is 1. The second kappa shape index (κ2) is 6.91. The van der Waals surface area contributed by atoms with E-state index in [4.69, 9.17) is 18.0 Å². The Labute approximate surface area is 109 Å². The lowest BCUT2D eigenvalue weighted by molar-refractivity contribution is -0.135. The van der Waals surface area contributed by atoms with Gasteiger partial charge in [-0.3, -0.25) is 9.69 Å². The first-order valence-electron chi connectivity index (χ1n) is 6.29. The van der Waals surface area contributed by atoms with E-state index >= 15 is 0 Å². The number of rotatable bonds is 4. The van der Waals surface area contributed by atoms with Crippen LogP contribution in [0.25, 0.3) is 0 Å². The minimum absolute atomic E-state index is 0.144. The van der Waals surface area contributed by atoms with Crippen molar-refractivity contribution in [3.05, 3.63) is 0 Å². The van der Waals surface area contributed by atoms with Crippen LogP contribution in [-0.2, 0) is 4.79 Å². The number of nitrogens with zero attached hydrogens (tertiary/aromatic N) is 2. The molecule has 4 nitrogen and oxygen atoms in total. The van der Waals surface area contributed by atoms with Crippen LogP contribution in [0.5, 0.6) is 0 Å². The topological polar surface area (TPSA) is 49.6 Å². The molecule has 1 amide bonds. The zero-order valence-corrected chi connectivity index (χ0v) is 11.6. The molecular weight excluding hydrogens is 234 g/mol. The van der Waals surface area contributed by atoms with Gasteiger partial charge in [-0.2, -0.15) is 0 Å². The van der Waals surface area contributed by atoms with E-state index in [2.05, 4.69) is 0 Å². The summed E-state index contributed by atoms with van der Waals surface area (Å²) in [5, 5.41) is 0. The summed E-state index contributed by atoms with van der Waals surface area (Å²) in [7, 11) is 1.89. The Morgan fingerprint density at radius 1 is 1.35 bits per heavy atom. The third-order valence-corrected chi connectivity index (χ3v) is 3.47. The predicted molar refractivity (Wildman–Crippen MR) is 73.9 cm³/mol. The highest BCUT2D eigenvalue weighted by Gasteiger charge is 2.24. The van der Waals surface area contributed by atoms with Crippen LogP contribution in [0.2, 0.25) is 0 Å². The smallest absolute Gasteiger partial charge is 0.239 e. The summed E-state index contributed by atoms with van der Waals surface area (Å²) in [5.41, 5.74) is 5.50. The largest absolute Gasteiger partial charge is 0.392 e. The van der Waals surface area contributed by atoms with E-state index in [0.29, 0.717) is 11.5 Å². The van der Waals surface area contributed by atoms with Crippen molar-refractivity contribution in [2.45, 2.75) is 38.6 Å². The standard InChI is InChI=1S/C12H23N3OS/c1-10(14(2)9-11(13)17)12(16)15-7-5-3-4-6-8-15/h10H,3-9H2,1-2H3,(H2,13,17). The average molecular weight is 257 g/mol. The van der Waals surface area contributed by atoms with Gasteiger partial charge < -0.3 is 10.6 Å². The maximum Gasteiger partial charge on any atom is 0.239 e. The maximum atomic E-state index is 12.3. The first-order valence-corrected chi connectivity index (χ1v) is 6.70. The third kappa shape index (κ3) is 4.60. The highest BCUT2D eigenvalue weighted by molar-refractivity contribution is 7.80. The summed E-state index contributed by atoms with van der Waals surface area (Å²) < 4.78 is 0. The zero-order valence-electron chi connectivity index (χ0n) is 10.8. The highest BCUT2D eigenvalue weighted by Crippen LogP contribution is 2.12. The first-order chi connectivity index (χ1) is 8.02. The van der Waals surface area contributed by atoms with Crippen molar-refractivity contribution in [3.63, 3.8) is 0 Å². The molecule has 1 fully saturated rings. The Balaban J connectivity index is 2.51. The molecule has 0 aromatic carbocycles. The van der Waals surface area contributed by atoms with Crippen molar-refractivity contribution in [1.82, 2.24) is 9.80 Å². The fraction of sp³-hybridized carbons (Fsp3) is 0.833. The van der Waals surface area contributed by atoms with Crippen molar-refractivity contribution >= 4 is 23.1 Å². The van der Waals surface area contributed by atoms with E-state index in [-0.39, 0.29) is 11.9 Å². The van der Waals surface area contributed by atoms with Gasteiger partial charge in [-0.1, -0.05) is 25.1 Å². The zero-order chi connectivity index (χ0) is 12.8. The third-order valence-electron chi connectivity index (χ3n) is 3.34. The molecule has 0 radical (unpaired) electrons. The van der Waals surface area contributed by atoms with Crippen LogP contribution in [0.4, 0.5) is 0 Å². The van der Waals surface area contributed by atoms with Crippen molar-refractivity contribution in [2.24, 2.45) is 5.73 Å². The van der Waals surface area contributed by atoms with Gasteiger partial charge >= 0.3 is 0 Å². The molecule has 1 aliphatic rings. The molecule has 1 rings (SSSR count). The molecule has 0 bridgehead atoms. The maximum absolute atomic E-state index is 12.3. The van der Waals surface area contributed by atoms with Gasteiger partial charge in [0.25, 0.3) is 0 Å². The summed E-state index contributed by atoms with van der Waals surface area (Å²) in [4.78, 5) is 16.6. The van der Waals surface area contributed by atoms with Gasteiger partial charge in [-0.25, -0.2) is 0 Å². The summed E-state index contributed by atoms with van der Waals surface area (Å²) in [6, 6.07) is -0.144. The molecule has 1 heterocycles. The summed E-state index contributed by atoms with van der Waals surface area (Å²) in [6.07, 6.45) is 4.72. The Morgan fingerprint density at radius 2 is 1.88 bits per heavy atom. The van der Waals surface area contributed by atoms with Gasteiger partial charge in [-0.15, -0.1) is 0 Å². The van der Waals surface area contributed by atoms with Crippen LogP contribution in [-0.4, -0.2) is 53.4 Å². The molecule has 1 atom stereocenters. The van der Waals surface area contributed by atoms with E-state index in [1.807, 2.05) is 23.8 Å². The molecule has 5 heteroatoms. The van der Waals surface area contributed by atoms with Crippen LogP contribution < -0.4 is 5.73 Å². The van der Waals surface area contributed by atoms with Gasteiger partial charge in [0.05, 0.1) is 11.0 Å². The quantitative estimate of drug-likeness (QED) is 0.763. The molecule has 1 saturated heterocycles. The fourth-order valence-corrected chi connectivity index (χ4v) is 2.33. The number of nitrogens with two attached hydrogens (primary N) is 1. The van der Waals surface area contributed by atoms with Crippen molar-refractivity contribution < 1.29 is 4.79 Å². The molecular formula is C12H23N3OS. The molecule has 0 aromatic rings. The molecule has 0 aromatic heterocycles. The molecule has 0 spiro atoms. The van der Waals surface area contributed by atoms with Crippen LogP contribution in [0.1, 0.15) is 32.6 Å². The SMILES string of the molecule is CC(C(=O)N1CCCCCC1)N(C)CC(N)=S. The summed E-state index contributed by atoms with van der Waals surface area (Å²) in [5.74, 6) is 0.200. The van der Waals surface area contributed by atoms with Gasteiger partial charge in [0.15, 0.2) is 0 Å². The number of hydrogen-bond donors (Lipinski definition) is 1. The van der Waals surface area contributed by atoms with Crippen LogP contribution >= 0.6 is 12.2 Å². The fourth-order valence-electron chi connectivity index (χ4n) is 2.13. The lowest BCUT2D eigenvalue weighted by Gasteiger charge is -2.29. The Bertz CT molecular complexity index is 275. The number of likely N-dealkylation sites (N-methyl/N-ethyl adjacent to an activating group) is 1. The molecule has 1 aliphatic heterocycles. The van der Waals surface area contributed by atoms with Crippen molar-refractivity contribution in [1.29, 1.82) is 0 Å². The molecule has 17 heavy (non-hydrogen) atoms. The molecule has 2 N–H and O–H groups in total. The minimum Gasteiger partial charge on any atom is -0.392 e. The minimum atomic E-state index is -0.144. The van der Waals surface area contributed by atoms with Gasteiger partial charge in [-0.05, 0) is 26.8 Å². The van der Waals surface area contributed by atoms with Crippen LogP contribution in [0.15, 0.2) is 0 Å². The van der Waals surface area contributed by atoms with Gasteiger partial charge in [0.2, 0.25) is 5.91 Å². The van der Waals surface area contributed by atoms with E-state index in [1.54, 1.807) is 0 Å².